The third-order valence-electron chi connectivity index (χ3n) is 2.55. The first-order chi connectivity index (χ1) is 11.1. The molecule has 0 saturated carbocycles. The number of para-hydroxylation sites is 1. The molecule has 1 heterocycles. The topological polar surface area (TPSA) is 125 Å². The number of nitrogens with zero attached hydrogens (tertiary/aromatic N) is 2. The Morgan fingerprint density at radius 1 is 1.00 bits per heavy atom. The molecule has 0 aliphatic rings. The van der Waals surface area contributed by atoms with Crippen LogP contribution in [0, 0.1) is 0 Å². The summed E-state index contributed by atoms with van der Waals surface area (Å²) in [6.07, 6.45) is 4.03. The van der Waals surface area contributed by atoms with Gasteiger partial charge in [-0.3, -0.25) is 25.4 Å². The van der Waals surface area contributed by atoms with Crippen molar-refractivity contribution in [1.82, 2.24) is 26.1 Å². The number of carbonyl (C=O) groups is 3. The average Bonchev–Trinajstić information content (AvgIpc) is 2.59. The maximum Gasteiger partial charge on any atom is 0.319 e. The smallest absolute Gasteiger partial charge is 0.319 e. The van der Waals surface area contributed by atoms with E-state index >= 15 is 0 Å². The highest BCUT2D eigenvalue weighted by atomic mass is 16.2. The van der Waals surface area contributed by atoms with Crippen molar-refractivity contribution in [3.63, 3.8) is 0 Å². The minimum absolute atomic E-state index is 0.0579. The molecule has 4 N–H and O–H groups in total. The summed E-state index contributed by atoms with van der Waals surface area (Å²) < 4.78 is 0. The number of nitrogens with one attached hydrogen (secondary N) is 4. The molecular weight excluding hydrogens is 300 g/mol. The molecule has 1 aromatic heterocycles. The van der Waals surface area contributed by atoms with Gasteiger partial charge in [0.2, 0.25) is 0 Å². The lowest BCUT2D eigenvalue weighted by Crippen LogP contribution is -2.47. The van der Waals surface area contributed by atoms with Crippen LogP contribution in [0.2, 0.25) is 0 Å². The molecule has 9 heteroatoms. The summed E-state index contributed by atoms with van der Waals surface area (Å²) in [6.45, 7) is -0.306. The average molecular weight is 314 g/mol. The molecule has 2 aromatic rings. The van der Waals surface area contributed by atoms with Crippen LogP contribution in [0.5, 0.6) is 0 Å². The van der Waals surface area contributed by atoms with E-state index in [-0.39, 0.29) is 12.2 Å². The number of rotatable bonds is 4. The maximum atomic E-state index is 11.6. The predicted octanol–water partition coefficient (Wildman–Crippen LogP) is 0.0593. The van der Waals surface area contributed by atoms with Gasteiger partial charge in [0, 0.05) is 18.1 Å². The van der Waals surface area contributed by atoms with Crippen molar-refractivity contribution in [3.8, 4) is 0 Å². The highest BCUT2D eigenvalue weighted by Gasteiger charge is 2.09. The molecule has 0 fully saturated rings. The summed E-state index contributed by atoms with van der Waals surface area (Å²) in [5.74, 6) is -1.20. The van der Waals surface area contributed by atoms with E-state index < -0.39 is 17.8 Å². The van der Waals surface area contributed by atoms with Crippen LogP contribution < -0.4 is 21.5 Å². The van der Waals surface area contributed by atoms with Gasteiger partial charge in [0.05, 0.1) is 6.20 Å². The second kappa shape index (κ2) is 8.08. The summed E-state index contributed by atoms with van der Waals surface area (Å²) in [7, 11) is 0. The molecule has 2 rings (SSSR count). The Bertz CT molecular complexity index is 677. The number of hydrogen-bond acceptors (Lipinski definition) is 5. The van der Waals surface area contributed by atoms with Gasteiger partial charge in [0.1, 0.15) is 12.2 Å². The van der Waals surface area contributed by atoms with Crippen molar-refractivity contribution in [1.29, 1.82) is 0 Å². The molecule has 1 aromatic carbocycles. The first kappa shape index (κ1) is 15.9. The minimum atomic E-state index is -0.611. The zero-order valence-corrected chi connectivity index (χ0v) is 11.9. The van der Waals surface area contributed by atoms with Gasteiger partial charge in [-0.1, -0.05) is 18.2 Å². The van der Waals surface area contributed by atoms with Crippen LogP contribution in [-0.4, -0.2) is 34.4 Å². The van der Waals surface area contributed by atoms with Crippen molar-refractivity contribution < 1.29 is 14.4 Å². The second-order valence-corrected chi connectivity index (χ2v) is 4.27. The molecule has 9 nitrogen and oxygen atoms in total. The second-order valence-electron chi connectivity index (χ2n) is 4.27. The lowest BCUT2D eigenvalue weighted by Gasteiger charge is -2.09. The fourth-order valence-electron chi connectivity index (χ4n) is 1.51. The lowest BCUT2D eigenvalue weighted by atomic mass is 10.3. The van der Waals surface area contributed by atoms with Gasteiger partial charge < -0.3 is 10.6 Å². The maximum absolute atomic E-state index is 11.6. The van der Waals surface area contributed by atoms with Crippen LogP contribution in [-0.2, 0) is 4.79 Å². The van der Waals surface area contributed by atoms with E-state index in [0.29, 0.717) is 5.69 Å². The molecule has 0 spiro atoms. The molecule has 0 unspecified atom stereocenters. The molecule has 0 radical (unpaired) electrons. The SMILES string of the molecule is O=C(CNC(=O)Nc1ccccc1)NNC(=O)c1cnccn1. The Kier molecular flexibility index (Phi) is 5.58. The Hall–Kier alpha value is -3.49. The zero-order chi connectivity index (χ0) is 16.5. The zero-order valence-electron chi connectivity index (χ0n) is 11.9. The van der Waals surface area contributed by atoms with Gasteiger partial charge in [-0.15, -0.1) is 0 Å². The van der Waals surface area contributed by atoms with Gasteiger partial charge in [-0.25, -0.2) is 9.78 Å². The molecule has 0 aliphatic heterocycles. The van der Waals surface area contributed by atoms with Crippen LogP contribution >= 0.6 is 0 Å². The summed E-state index contributed by atoms with van der Waals surface area (Å²) in [5.41, 5.74) is 4.97. The quantitative estimate of drug-likeness (QED) is 0.594. The first-order valence-corrected chi connectivity index (χ1v) is 6.60. The monoisotopic (exact) mass is 314 g/mol. The number of hydrazine groups is 1. The van der Waals surface area contributed by atoms with Crippen LogP contribution in [0.3, 0.4) is 0 Å². The number of benzene rings is 1. The molecule has 0 atom stereocenters. The van der Waals surface area contributed by atoms with E-state index in [2.05, 4.69) is 31.5 Å². The van der Waals surface area contributed by atoms with Crippen LogP contribution in [0.4, 0.5) is 10.5 Å². The Balaban J connectivity index is 1.69. The van der Waals surface area contributed by atoms with E-state index in [9.17, 15) is 14.4 Å². The Morgan fingerprint density at radius 3 is 2.48 bits per heavy atom. The van der Waals surface area contributed by atoms with Crippen LogP contribution in [0.25, 0.3) is 0 Å². The van der Waals surface area contributed by atoms with E-state index in [1.54, 1.807) is 24.3 Å². The number of carbonyl (C=O) groups excluding carboxylic acids is 3. The van der Waals surface area contributed by atoms with Crippen LogP contribution in [0.15, 0.2) is 48.9 Å². The summed E-state index contributed by atoms with van der Waals surface area (Å²) in [4.78, 5) is 42.2. The highest BCUT2D eigenvalue weighted by molar-refractivity contribution is 5.95. The van der Waals surface area contributed by atoms with Gasteiger partial charge in [0.25, 0.3) is 11.8 Å². The number of hydrogen-bond donors (Lipinski definition) is 4. The van der Waals surface area contributed by atoms with Crippen molar-refractivity contribution in [2.45, 2.75) is 0 Å². The molecule has 23 heavy (non-hydrogen) atoms. The van der Waals surface area contributed by atoms with E-state index in [1.165, 1.54) is 18.6 Å². The third-order valence-corrected chi connectivity index (χ3v) is 2.55. The van der Waals surface area contributed by atoms with Gasteiger partial charge in [-0.2, -0.15) is 0 Å². The normalized spacial score (nSPS) is 9.57. The van der Waals surface area contributed by atoms with E-state index in [0.717, 1.165) is 0 Å². The summed E-state index contributed by atoms with van der Waals surface area (Å²) >= 11 is 0. The van der Waals surface area contributed by atoms with Crippen LogP contribution in [0.1, 0.15) is 10.5 Å². The predicted molar refractivity (Wildman–Crippen MR) is 81.1 cm³/mol. The molecule has 0 bridgehead atoms. The van der Waals surface area contributed by atoms with E-state index in [1.807, 2.05) is 6.07 Å². The largest absolute Gasteiger partial charge is 0.329 e. The van der Waals surface area contributed by atoms with Crippen molar-refractivity contribution >= 4 is 23.5 Å². The molecule has 4 amide bonds. The standard InChI is InChI=1S/C14H14N6O3/c21-12(19-20-13(22)11-8-15-6-7-16-11)9-17-14(23)18-10-4-2-1-3-5-10/h1-8H,9H2,(H,19,21)(H,20,22)(H2,17,18,23). The van der Waals surface area contributed by atoms with Crippen molar-refractivity contribution in [3.05, 3.63) is 54.6 Å². The molecule has 0 saturated heterocycles. The Labute approximate surface area is 131 Å². The third kappa shape index (κ3) is 5.42. The summed E-state index contributed by atoms with van der Waals surface area (Å²) in [6, 6.07) is 8.23. The minimum Gasteiger partial charge on any atom is -0.329 e. The van der Waals surface area contributed by atoms with Crippen molar-refractivity contribution in [2.24, 2.45) is 0 Å². The first-order valence-electron chi connectivity index (χ1n) is 6.60. The number of amides is 4. The molecule has 0 aliphatic carbocycles. The molecular formula is C14H14N6O3. The number of anilines is 1. The number of aromatic nitrogens is 2. The van der Waals surface area contributed by atoms with E-state index in [4.69, 9.17) is 0 Å². The fourth-order valence-corrected chi connectivity index (χ4v) is 1.51. The Morgan fingerprint density at radius 2 is 1.78 bits per heavy atom. The number of urea groups is 1. The summed E-state index contributed by atoms with van der Waals surface area (Å²) in [5, 5.41) is 4.91. The molecule has 118 valence electrons. The van der Waals surface area contributed by atoms with Gasteiger partial charge in [0.15, 0.2) is 0 Å². The van der Waals surface area contributed by atoms with Gasteiger partial charge in [-0.05, 0) is 12.1 Å². The fraction of sp³-hybridized carbons (Fsp3) is 0.0714. The highest BCUT2D eigenvalue weighted by Crippen LogP contribution is 2.03. The van der Waals surface area contributed by atoms with Gasteiger partial charge >= 0.3 is 6.03 Å². The van der Waals surface area contributed by atoms with Crippen molar-refractivity contribution in [2.75, 3.05) is 11.9 Å². The lowest BCUT2D eigenvalue weighted by molar-refractivity contribution is -0.120.